The van der Waals surface area contributed by atoms with Gasteiger partial charge in [0.15, 0.2) is 5.82 Å². The van der Waals surface area contributed by atoms with Crippen molar-refractivity contribution in [3.05, 3.63) is 36.0 Å². The molecule has 3 aliphatic rings. The van der Waals surface area contributed by atoms with Crippen LogP contribution in [0.3, 0.4) is 0 Å². The second-order valence-electron chi connectivity index (χ2n) is 9.27. The van der Waals surface area contributed by atoms with Crippen LogP contribution in [0.5, 0.6) is 0 Å². The van der Waals surface area contributed by atoms with Crippen LogP contribution in [0.25, 0.3) is 11.5 Å². The lowest BCUT2D eigenvalue weighted by atomic mass is 9.74. The smallest absolute Gasteiger partial charge is 0.224 e. The summed E-state index contributed by atoms with van der Waals surface area (Å²) in [4.78, 5) is 30.5. The van der Waals surface area contributed by atoms with Crippen molar-refractivity contribution in [2.45, 2.75) is 58.4 Å². The van der Waals surface area contributed by atoms with E-state index < -0.39 is 0 Å². The predicted octanol–water partition coefficient (Wildman–Crippen LogP) is 3.25. The Bertz CT molecular complexity index is 891. The second-order valence-corrected chi connectivity index (χ2v) is 9.27. The summed E-state index contributed by atoms with van der Waals surface area (Å²) >= 11 is 0. The molecule has 5 rings (SSSR count). The summed E-state index contributed by atoms with van der Waals surface area (Å²) in [7, 11) is 0. The van der Waals surface area contributed by atoms with Gasteiger partial charge in [-0.1, -0.05) is 20.3 Å². The predicted molar refractivity (Wildman–Crippen MR) is 100 cm³/mol. The standard InChI is InChI=1S/C21H25N5O/c1-20(2)9-15-13(11-24-18(25-15)17-12-22-6-7-23-17)16(10-20)26-19(27)14-8-21(14)4-3-5-21/h6-7,11-12,14,16H,3-5,8-10H2,1-2H3,(H,26,27)/t14-,16-/m0/s1. The third-order valence-electron chi connectivity index (χ3n) is 6.64. The molecule has 0 unspecified atom stereocenters. The average molecular weight is 363 g/mol. The Kier molecular flexibility index (Phi) is 3.61. The first kappa shape index (κ1) is 16.8. The molecule has 6 heteroatoms. The molecule has 0 aliphatic heterocycles. The Balaban J connectivity index is 1.42. The van der Waals surface area contributed by atoms with E-state index in [9.17, 15) is 4.79 Å². The van der Waals surface area contributed by atoms with Crippen molar-refractivity contribution >= 4 is 5.91 Å². The highest BCUT2D eigenvalue weighted by atomic mass is 16.2. The third kappa shape index (κ3) is 2.91. The van der Waals surface area contributed by atoms with Gasteiger partial charge in [0.1, 0.15) is 5.69 Å². The Hall–Kier alpha value is -2.37. The summed E-state index contributed by atoms with van der Waals surface area (Å²) in [6.07, 6.45) is 13.4. The van der Waals surface area contributed by atoms with Crippen LogP contribution in [0.15, 0.2) is 24.8 Å². The van der Waals surface area contributed by atoms with Gasteiger partial charge in [0.25, 0.3) is 0 Å². The summed E-state index contributed by atoms with van der Waals surface area (Å²) in [6, 6.07) is -0.00937. The maximum absolute atomic E-state index is 12.8. The van der Waals surface area contributed by atoms with Crippen LogP contribution in [0, 0.1) is 16.7 Å². The van der Waals surface area contributed by atoms with Gasteiger partial charge in [-0.2, -0.15) is 0 Å². The molecule has 1 spiro atoms. The number of hydrogen-bond donors (Lipinski definition) is 1. The van der Waals surface area contributed by atoms with Crippen LogP contribution < -0.4 is 5.32 Å². The van der Waals surface area contributed by atoms with Gasteiger partial charge < -0.3 is 5.32 Å². The third-order valence-corrected chi connectivity index (χ3v) is 6.64. The van der Waals surface area contributed by atoms with Crippen LogP contribution in [0.2, 0.25) is 0 Å². The van der Waals surface area contributed by atoms with Crippen molar-refractivity contribution < 1.29 is 4.79 Å². The van der Waals surface area contributed by atoms with Gasteiger partial charge in [-0.25, -0.2) is 15.0 Å². The van der Waals surface area contributed by atoms with E-state index in [0.29, 0.717) is 16.9 Å². The molecular weight excluding hydrogens is 338 g/mol. The van der Waals surface area contributed by atoms with E-state index in [2.05, 4.69) is 34.1 Å². The van der Waals surface area contributed by atoms with E-state index in [1.165, 1.54) is 19.3 Å². The highest BCUT2D eigenvalue weighted by Gasteiger charge is 2.61. The molecule has 0 radical (unpaired) electrons. The summed E-state index contributed by atoms with van der Waals surface area (Å²) < 4.78 is 0. The number of nitrogens with one attached hydrogen (secondary N) is 1. The van der Waals surface area contributed by atoms with Gasteiger partial charge in [0.05, 0.1) is 17.9 Å². The summed E-state index contributed by atoms with van der Waals surface area (Å²) in [5, 5.41) is 3.33. The fourth-order valence-corrected chi connectivity index (χ4v) is 4.89. The molecule has 2 heterocycles. The molecule has 3 aliphatic carbocycles. The number of nitrogens with zero attached hydrogens (tertiary/aromatic N) is 4. The van der Waals surface area contributed by atoms with Crippen molar-refractivity contribution in [1.82, 2.24) is 25.3 Å². The molecule has 27 heavy (non-hydrogen) atoms. The molecule has 140 valence electrons. The summed E-state index contributed by atoms with van der Waals surface area (Å²) in [5.74, 6) is 1.04. The average Bonchev–Trinajstić information content (AvgIpc) is 3.38. The molecular formula is C21H25N5O. The van der Waals surface area contributed by atoms with Gasteiger partial charge in [-0.15, -0.1) is 0 Å². The van der Waals surface area contributed by atoms with Crippen molar-refractivity contribution in [2.75, 3.05) is 0 Å². The van der Waals surface area contributed by atoms with Crippen molar-refractivity contribution in [3.8, 4) is 11.5 Å². The highest BCUT2D eigenvalue weighted by Crippen LogP contribution is 2.65. The number of hydrogen-bond acceptors (Lipinski definition) is 5. The Morgan fingerprint density at radius 3 is 2.67 bits per heavy atom. The molecule has 0 bridgehead atoms. The number of amides is 1. The topological polar surface area (TPSA) is 80.7 Å². The zero-order valence-electron chi connectivity index (χ0n) is 15.9. The zero-order valence-corrected chi connectivity index (χ0v) is 15.9. The van der Waals surface area contributed by atoms with E-state index in [-0.39, 0.29) is 23.3 Å². The minimum Gasteiger partial charge on any atom is -0.349 e. The lowest BCUT2D eigenvalue weighted by Gasteiger charge is -2.37. The summed E-state index contributed by atoms with van der Waals surface area (Å²) in [5.41, 5.74) is 3.18. The quantitative estimate of drug-likeness (QED) is 0.905. The first-order valence-corrected chi connectivity index (χ1v) is 9.88. The van der Waals surface area contributed by atoms with E-state index in [1.807, 2.05) is 6.20 Å². The SMILES string of the molecule is CC1(C)Cc2nc(-c3cnccn3)ncc2[C@@H](NC(=O)[C@@H]2CC23CCC3)C1. The number of fused-ring (bicyclic) bond motifs is 1. The minimum atomic E-state index is -0.00937. The maximum atomic E-state index is 12.8. The van der Waals surface area contributed by atoms with Crippen LogP contribution >= 0.6 is 0 Å². The van der Waals surface area contributed by atoms with Crippen LogP contribution in [-0.2, 0) is 11.2 Å². The molecule has 2 aromatic heterocycles. The highest BCUT2D eigenvalue weighted by molar-refractivity contribution is 5.83. The van der Waals surface area contributed by atoms with Crippen molar-refractivity contribution in [2.24, 2.45) is 16.7 Å². The first-order chi connectivity index (χ1) is 13.0. The summed E-state index contributed by atoms with van der Waals surface area (Å²) in [6.45, 7) is 4.48. The maximum Gasteiger partial charge on any atom is 0.224 e. The number of carbonyl (C=O) groups is 1. The van der Waals surface area contributed by atoms with Gasteiger partial charge in [-0.3, -0.25) is 9.78 Å². The monoisotopic (exact) mass is 363 g/mol. The molecule has 1 amide bonds. The lowest BCUT2D eigenvalue weighted by Crippen LogP contribution is -2.39. The molecule has 2 atom stereocenters. The van der Waals surface area contributed by atoms with E-state index in [0.717, 1.165) is 30.5 Å². The molecule has 1 N–H and O–H groups in total. The molecule has 2 saturated carbocycles. The van der Waals surface area contributed by atoms with Crippen molar-refractivity contribution in [3.63, 3.8) is 0 Å². The zero-order chi connectivity index (χ0) is 18.6. The number of carbonyl (C=O) groups excluding carboxylic acids is 1. The van der Waals surface area contributed by atoms with Crippen molar-refractivity contribution in [1.29, 1.82) is 0 Å². The molecule has 0 aromatic carbocycles. The number of rotatable bonds is 3. The van der Waals surface area contributed by atoms with Crippen LogP contribution in [0.1, 0.15) is 63.3 Å². The molecule has 0 saturated heterocycles. The molecule has 2 aromatic rings. The van der Waals surface area contributed by atoms with E-state index in [1.54, 1.807) is 18.6 Å². The van der Waals surface area contributed by atoms with Crippen LogP contribution in [0.4, 0.5) is 0 Å². The fourth-order valence-electron chi connectivity index (χ4n) is 4.89. The Morgan fingerprint density at radius 2 is 2.00 bits per heavy atom. The Morgan fingerprint density at radius 1 is 1.15 bits per heavy atom. The van der Waals surface area contributed by atoms with Gasteiger partial charge in [-0.05, 0) is 42.9 Å². The number of aromatic nitrogens is 4. The largest absolute Gasteiger partial charge is 0.349 e. The lowest BCUT2D eigenvalue weighted by molar-refractivity contribution is -0.124. The molecule has 2 fully saturated rings. The van der Waals surface area contributed by atoms with E-state index >= 15 is 0 Å². The molecule has 6 nitrogen and oxygen atoms in total. The van der Waals surface area contributed by atoms with Gasteiger partial charge >= 0.3 is 0 Å². The first-order valence-electron chi connectivity index (χ1n) is 9.88. The second kappa shape index (κ2) is 5.81. The minimum absolute atomic E-state index is 0.00937. The van der Waals surface area contributed by atoms with Crippen LogP contribution in [-0.4, -0.2) is 25.8 Å². The van der Waals surface area contributed by atoms with E-state index in [4.69, 9.17) is 4.98 Å². The van der Waals surface area contributed by atoms with Gasteiger partial charge in [0.2, 0.25) is 5.91 Å². The normalized spacial score (nSPS) is 26.7. The fraction of sp³-hybridized carbons (Fsp3) is 0.571. The Labute approximate surface area is 159 Å². The van der Waals surface area contributed by atoms with Gasteiger partial charge in [0, 0.05) is 30.1 Å².